The van der Waals surface area contributed by atoms with Crippen LogP contribution in [0.25, 0.3) is 0 Å². The lowest BCUT2D eigenvalue weighted by Crippen LogP contribution is -2.10. The molecular formula is C15H11BrF4. The maximum Gasteiger partial charge on any atom is 0.416 e. The molecule has 0 nitrogen and oxygen atoms in total. The van der Waals surface area contributed by atoms with Gasteiger partial charge in [-0.25, -0.2) is 4.39 Å². The van der Waals surface area contributed by atoms with Gasteiger partial charge in [-0.1, -0.05) is 46.3 Å². The molecule has 20 heavy (non-hydrogen) atoms. The molecule has 0 saturated carbocycles. The first-order valence-electron chi connectivity index (χ1n) is 5.87. The van der Waals surface area contributed by atoms with Gasteiger partial charge < -0.3 is 0 Å². The molecule has 0 N–H and O–H groups in total. The molecule has 0 aliphatic carbocycles. The van der Waals surface area contributed by atoms with E-state index in [2.05, 4.69) is 15.9 Å². The minimum Gasteiger partial charge on any atom is -0.207 e. The second kappa shape index (κ2) is 5.56. The zero-order chi connectivity index (χ0) is 14.9. The van der Waals surface area contributed by atoms with Gasteiger partial charge in [-0.15, -0.1) is 0 Å². The Hall–Kier alpha value is -1.36. The lowest BCUT2D eigenvalue weighted by atomic mass is 9.98. The first kappa shape index (κ1) is 15.0. The average Bonchev–Trinajstić information content (AvgIpc) is 2.40. The fourth-order valence-corrected chi connectivity index (χ4v) is 2.67. The fourth-order valence-electron chi connectivity index (χ4n) is 1.98. The third-order valence-corrected chi connectivity index (χ3v) is 4.04. The summed E-state index contributed by atoms with van der Waals surface area (Å²) in [5, 5.41) is 0. The van der Waals surface area contributed by atoms with Crippen molar-refractivity contribution in [1.29, 1.82) is 0 Å². The molecule has 0 aliphatic rings. The van der Waals surface area contributed by atoms with Crippen LogP contribution in [0.3, 0.4) is 0 Å². The van der Waals surface area contributed by atoms with Crippen molar-refractivity contribution in [3.05, 3.63) is 70.5 Å². The van der Waals surface area contributed by atoms with Gasteiger partial charge in [-0.2, -0.15) is 13.2 Å². The molecule has 5 heteroatoms. The summed E-state index contributed by atoms with van der Waals surface area (Å²) < 4.78 is 52.2. The van der Waals surface area contributed by atoms with Gasteiger partial charge in [0.2, 0.25) is 0 Å². The predicted octanol–water partition coefficient (Wildman–Crippen LogP) is 5.64. The van der Waals surface area contributed by atoms with Crippen LogP contribution in [0.4, 0.5) is 17.6 Å². The summed E-state index contributed by atoms with van der Waals surface area (Å²) in [6, 6.07) is 9.64. The van der Waals surface area contributed by atoms with Crippen LogP contribution in [-0.2, 0) is 6.18 Å². The number of aryl methyl sites for hydroxylation is 1. The highest BCUT2D eigenvalue weighted by molar-refractivity contribution is 9.09. The second-order valence-electron chi connectivity index (χ2n) is 4.46. The fraction of sp³-hybridized carbons (Fsp3) is 0.200. The van der Waals surface area contributed by atoms with Gasteiger partial charge in [0.1, 0.15) is 5.82 Å². The summed E-state index contributed by atoms with van der Waals surface area (Å²) in [6.07, 6.45) is -4.42. The Morgan fingerprint density at radius 3 is 2.30 bits per heavy atom. The molecular weight excluding hydrogens is 336 g/mol. The summed E-state index contributed by atoms with van der Waals surface area (Å²) in [4.78, 5) is -0.639. The first-order valence-corrected chi connectivity index (χ1v) is 6.78. The van der Waals surface area contributed by atoms with E-state index >= 15 is 0 Å². The molecule has 106 valence electrons. The maximum absolute atomic E-state index is 13.2. The standard InChI is InChI=1S/C15H11BrF4/c1-9-8-10(6-7-13(9)17)14(16)11-4-2-3-5-12(11)15(18,19)20/h2-8,14H,1H3. The van der Waals surface area contributed by atoms with E-state index < -0.39 is 16.6 Å². The molecule has 0 aromatic heterocycles. The predicted molar refractivity (Wildman–Crippen MR) is 73.4 cm³/mol. The normalized spacial score (nSPS) is 13.3. The molecule has 2 aromatic rings. The van der Waals surface area contributed by atoms with Crippen LogP contribution in [0.2, 0.25) is 0 Å². The zero-order valence-corrected chi connectivity index (χ0v) is 12.1. The summed E-state index contributed by atoms with van der Waals surface area (Å²) >= 11 is 3.27. The van der Waals surface area contributed by atoms with Crippen molar-refractivity contribution in [1.82, 2.24) is 0 Å². The number of benzene rings is 2. The summed E-state index contributed by atoms with van der Waals surface area (Å²) in [5.74, 6) is -0.377. The molecule has 0 spiro atoms. The molecule has 0 heterocycles. The Balaban J connectivity index is 2.48. The number of rotatable bonds is 2. The molecule has 2 aromatic carbocycles. The summed E-state index contributed by atoms with van der Waals surface area (Å²) in [5.41, 5.74) is 0.409. The number of halogens is 5. The molecule has 0 bridgehead atoms. The van der Waals surface area contributed by atoms with Crippen molar-refractivity contribution < 1.29 is 17.6 Å². The van der Waals surface area contributed by atoms with Gasteiger partial charge in [0, 0.05) is 0 Å². The minimum atomic E-state index is -4.42. The quantitative estimate of drug-likeness (QED) is 0.487. The lowest BCUT2D eigenvalue weighted by Gasteiger charge is -2.18. The van der Waals surface area contributed by atoms with Crippen molar-refractivity contribution in [2.24, 2.45) is 0 Å². The molecule has 0 amide bonds. The molecule has 1 unspecified atom stereocenters. The Labute approximate surface area is 122 Å². The first-order chi connectivity index (χ1) is 9.30. The van der Waals surface area contributed by atoms with E-state index in [0.717, 1.165) is 6.07 Å². The van der Waals surface area contributed by atoms with Gasteiger partial charge in [0.05, 0.1) is 10.4 Å². The highest BCUT2D eigenvalue weighted by Crippen LogP contribution is 2.40. The van der Waals surface area contributed by atoms with Gasteiger partial charge >= 0.3 is 6.18 Å². The van der Waals surface area contributed by atoms with Gasteiger partial charge in [-0.3, -0.25) is 0 Å². The van der Waals surface area contributed by atoms with E-state index in [-0.39, 0.29) is 11.4 Å². The third kappa shape index (κ3) is 3.03. The van der Waals surface area contributed by atoms with E-state index in [1.165, 1.54) is 24.3 Å². The van der Waals surface area contributed by atoms with Crippen molar-refractivity contribution in [3.63, 3.8) is 0 Å². The van der Waals surface area contributed by atoms with Crippen LogP contribution in [-0.4, -0.2) is 0 Å². The van der Waals surface area contributed by atoms with Crippen molar-refractivity contribution in [2.75, 3.05) is 0 Å². The van der Waals surface area contributed by atoms with Crippen molar-refractivity contribution >= 4 is 15.9 Å². The van der Waals surface area contributed by atoms with Gasteiger partial charge in [-0.05, 0) is 35.7 Å². The van der Waals surface area contributed by atoms with Crippen LogP contribution in [0.15, 0.2) is 42.5 Å². The monoisotopic (exact) mass is 346 g/mol. The Bertz CT molecular complexity index is 620. The highest BCUT2D eigenvalue weighted by atomic mass is 79.9. The summed E-state index contributed by atoms with van der Waals surface area (Å²) in [7, 11) is 0. The van der Waals surface area contributed by atoms with Crippen LogP contribution >= 0.6 is 15.9 Å². The molecule has 2 rings (SSSR count). The number of hydrogen-bond donors (Lipinski definition) is 0. The van der Waals surface area contributed by atoms with Crippen molar-refractivity contribution in [2.45, 2.75) is 17.9 Å². The van der Waals surface area contributed by atoms with Crippen LogP contribution in [0.5, 0.6) is 0 Å². The highest BCUT2D eigenvalue weighted by Gasteiger charge is 2.34. The third-order valence-electron chi connectivity index (χ3n) is 3.01. The van der Waals surface area contributed by atoms with Crippen molar-refractivity contribution in [3.8, 4) is 0 Å². The van der Waals surface area contributed by atoms with Crippen LogP contribution in [0.1, 0.15) is 27.1 Å². The van der Waals surface area contributed by atoms with E-state index in [1.807, 2.05) is 0 Å². The van der Waals surface area contributed by atoms with E-state index in [1.54, 1.807) is 19.1 Å². The Morgan fingerprint density at radius 1 is 1.05 bits per heavy atom. The largest absolute Gasteiger partial charge is 0.416 e. The Kier molecular flexibility index (Phi) is 4.18. The SMILES string of the molecule is Cc1cc(C(Br)c2ccccc2C(F)(F)F)ccc1F. The Morgan fingerprint density at radius 2 is 1.70 bits per heavy atom. The zero-order valence-electron chi connectivity index (χ0n) is 10.5. The van der Waals surface area contributed by atoms with Gasteiger partial charge in [0.25, 0.3) is 0 Å². The van der Waals surface area contributed by atoms with E-state index in [4.69, 9.17) is 0 Å². The molecule has 0 fully saturated rings. The molecule has 1 atom stereocenters. The minimum absolute atomic E-state index is 0.117. The average molecular weight is 347 g/mol. The molecule has 0 aliphatic heterocycles. The van der Waals surface area contributed by atoms with Gasteiger partial charge in [0.15, 0.2) is 0 Å². The smallest absolute Gasteiger partial charge is 0.207 e. The number of alkyl halides is 4. The summed E-state index contributed by atoms with van der Waals surface area (Å²) in [6.45, 7) is 1.58. The lowest BCUT2D eigenvalue weighted by molar-refractivity contribution is -0.138. The second-order valence-corrected chi connectivity index (χ2v) is 5.37. The van der Waals surface area contributed by atoms with E-state index in [0.29, 0.717) is 11.1 Å². The number of hydrogen-bond acceptors (Lipinski definition) is 0. The molecule has 0 saturated heterocycles. The van der Waals surface area contributed by atoms with Crippen LogP contribution < -0.4 is 0 Å². The van der Waals surface area contributed by atoms with Crippen LogP contribution in [0, 0.1) is 12.7 Å². The van der Waals surface area contributed by atoms with E-state index in [9.17, 15) is 17.6 Å². The molecule has 0 radical (unpaired) electrons. The maximum atomic E-state index is 13.2. The topological polar surface area (TPSA) is 0 Å².